The van der Waals surface area contributed by atoms with Crippen molar-refractivity contribution in [2.24, 2.45) is 0 Å². The van der Waals surface area contributed by atoms with Gasteiger partial charge in [-0.1, -0.05) is 12.1 Å². The summed E-state index contributed by atoms with van der Waals surface area (Å²) in [6.07, 6.45) is 1.62. The maximum Gasteiger partial charge on any atom is 0.258 e. The normalized spacial score (nSPS) is 13.8. The summed E-state index contributed by atoms with van der Waals surface area (Å²) >= 11 is 0. The third kappa shape index (κ3) is 5.38. The molecule has 33 heavy (non-hydrogen) atoms. The first kappa shape index (κ1) is 22.5. The van der Waals surface area contributed by atoms with Crippen molar-refractivity contribution in [1.82, 2.24) is 14.8 Å². The van der Waals surface area contributed by atoms with Gasteiger partial charge in [-0.25, -0.2) is 8.78 Å². The summed E-state index contributed by atoms with van der Waals surface area (Å²) < 4.78 is 38.0. The van der Waals surface area contributed by atoms with Gasteiger partial charge in [0.25, 0.3) is 5.56 Å². The summed E-state index contributed by atoms with van der Waals surface area (Å²) in [5.41, 5.74) is 1.46. The molecular formula is C24H23F2N3O4. The van der Waals surface area contributed by atoms with Gasteiger partial charge >= 0.3 is 0 Å². The largest absolute Gasteiger partial charge is 0.491 e. The lowest BCUT2D eigenvalue weighted by Crippen LogP contribution is -2.49. The van der Waals surface area contributed by atoms with Gasteiger partial charge in [0.15, 0.2) is 0 Å². The number of halogens is 2. The van der Waals surface area contributed by atoms with Crippen LogP contribution in [0.3, 0.4) is 0 Å². The van der Waals surface area contributed by atoms with Crippen molar-refractivity contribution in [3.05, 3.63) is 77.0 Å². The first-order chi connectivity index (χ1) is 16.0. The number of alkyl halides is 1. The fraction of sp³-hybridized carbons (Fsp3) is 0.250. The Balaban J connectivity index is 1.63. The molecule has 0 atom stereocenters. The number of amides is 1. The van der Waals surface area contributed by atoms with Crippen molar-refractivity contribution >= 4 is 5.91 Å². The Kier molecular flexibility index (Phi) is 6.99. The minimum atomic E-state index is -0.945. The van der Waals surface area contributed by atoms with Crippen LogP contribution in [0.2, 0.25) is 0 Å². The monoisotopic (exact) mass is 455 g/mol. The number of piperazine rings is 1. The molecule has 1 N–H and O–H groups in total. The molecule has 0 aliphatic carbocycles. The Morgan fingerprint density at radius 2 is 1.76 bits per heavy atom. The minimum absolute atomic E-state index is 0.000729. The zero-order valence-corrected chi connectivity index (χ0v) is 17.8. The Morgan fingerprint density at radius 3 is 2.45 bits per heavy atom. The molecule has 1 saturated heterocycles. The van der Waals surface area contributed by atoms with Gasteiger partial charge in [0.2, 0.25) is 12.8 Å². The highest BCUT2D eigenvalue weighted by Crippen LogP contribution is 2.30. The van der Waals surface area contributed by atoms with Crippen molar-refractivity contribution in [1.29, 1.82) is 0 Å². The maximum atomic E-state index is 13.5. The summed E-state index contributed by atoms with van der Waals surface area (Å²) in [6, 6.07) is 13.6. The van der Waals surface area contributed by atoms with Gasteiger partial charge < -0.3 is 19.7 Å². The topological polar surface area (TPSA) is 72.8 Å². The van der Waals surface area contributed by atoms with Gasteiger partial charge in [-0.2, -0.15) is 0 Å². The SMILES string of the molecule is O=C1CNCCN1CCOc1cc(=O)n(-c2ccc(OCF)cc2)cc1-c1ccc(F)cc1. The standard InChI is InChI=1S/C24H23F2N3O4/c25-16-33-20-7-5-19(6-8-20)29-15-21(17-1-3-18(26)4-2-17)22(13-23(29)30)32-12-11-28-10-9-27-14-24(28)31/h1-8,13,15,27H,9-12,14,16H2. The summed E-state index contributed by atoms with van der Waals surface area (Å²) in [5, 5.41) is 3.01. The molecule has 0 bridgehead atoms. The van der Waals surface area contributed by atoms with E-state index >= 15 is 0 Å². The lowest BCUT2D eigenvalue weighted by atomic mass is 10.1. The number of nitrogens with zero attached hydrogens (tertiary/aromatic N) is 2. The van der Waals surface area contributed by atoms with E-state index < -0.39 is 6.86 Å². The first-order valence-corrected chi connectivity index (χ1v) is 10.5. The van der Waals surface area contributed by atoms with Crippen LogP contribution in [0, 0.1) is 5.82 Å². The predicted molar refractivity (Wildman–Crippen MR) is 119 cm³/mol. The van der Waals surface area contributed by atoms with Crippen LogP contribution in [0.5, 0.6) is 11.5 Å². The predicted octanol–water partition coefficient (Wildman–Crippen LogP) is 2.76. The molecule has 9 heteroatoms. The van der Waals surface area contributed by atoms with Crippen LogP contribution < -0.4 is 20.3 Å². The molecule has 3 aromatic rings. The number of carbonyl (C=O) groups excluding carboxylic acids is 1. The van der Waals surface area contributed by atoms with Gasteiger partial charge in [-0.3, -0.25) is 14.2 Å². The molecule has 1 aliphatic rings. The molecule has 0 unspecified atom stereocenters. The number of hydrogen-bond acceptors (Lipinski definition) is 5. The average Bonchev–Trinajstić information content (AvgIpc) is 2.82. The van der Waals surface area contributed by atoms with E-state index in [1.165, 1.54) is 22.8 Å². The number of rotatable bonds is 8. The van der Waals surface area contributed by atoms with Crippen LogP contribution >= 0.6 is 0 Å². The van der Waals surface area contributed by atoms with Crippen molar-refractivity contribution in [2.45, 2.75) is 0 Å². The third-order valence-corrected chi connectivity index (χ3v) is 5.31. The average molecular weight is 455 g/mol. The molecular weight excluding hydrogens is 432 g/mol. The van der Waals surface area contributed by atoms with E-state index in [1.54, 1.807) is 47.5 Å². The minimum Gasteiger partial charge on any atom is -0.491 e. The van der Waals surface area contributed by atoms with Crippen LogP contribution in [0.4, 0.5) is 8.78 Å². The molecule has 1 fully saturated rings. The highest BCUT2D eigenvalue weighted by molar-refractivity contribution is 5.79. The number of ether oxygens (including phenoxy) is 2. The number of benzene rings is 2. The summed E-state index contributed by atoms with van der Waals surface area (Å²) in [6.45, 7) is 1.27. The van der Waals surface area contributed by atoms with Crippen LogP contribution in [-0.4, -0.2) is 55.0 Å². The smallest absolute Gasteiger partial charge is 0.258 e. The molecule has 0 saturated carbocycles. The van der Waals surface area contributed by atoms with E-state index in [4.69, 9.17) is 9.47 Å². The van der Waals surface area contributed by atoms with E-state index in [-0.39, 0.29) is 23.9 Å². The molecule has 4 rings (SSSR count). The Labute approximate surface area is 189 Å². The van der Waals surface area contributed by atoms with E-state index in [0.29, 0.717) is 47.9 Å². The highest BCUT2D eigenvalue weighted by Gasteiger charge is 2.18. The van der Waals surface area contributed by atoms with Crippen molar-refractivity contribution < 1.29 is 23.0 Å². The van der Waals surface area contributed by atoms with E-state index in [9.17, 15) is 18.4 Å². The van der Waals surface area contributed by atoms with Gasteiger partial charge in [-0.05, 0) is 42.0 Å². The molecule has 172 valence electrons. The fourth-order valence-corrected chi connectivity index (χ4v) is 3.60. The Hall–Kier alpha value is -3.72. The molecule has 1 aliphatic heterocycles. The Bertz CT molecular complexity index is 1160. The lowest BCUT2D eigenvalue weighted by molar-refractivity contribution is -0.132. The number of nitrogens with one attached hydrogen (secondary N) is 1. The highest BCUT2D eigenvalue weighted by atomic mass is 19.1. The van der Waals surface area contributed by atoms with Gasteiger partial charge in [-0.15, -0.1) is 0 Å². The van der Waals surface area contributed by atoms with Crippen molar-refractivity contribution in [2.75, 3.05) is 39.6 Å². The molecule has 7 nitrogen and oxygen atoms in total. The Morgan fingerprint density at radius 1 is 1.00 bits per heavy atom. The van der Waals surface area contributed by atoms with Crippen molar-refractivity contribution in [3.63, 3.8) is 0 Å². The number of pyridine rings is 1. The van der Waals surface area contributed by atoms with E-state index in [2.05, 4.69) is 5.32 Å². The van der Waals surface area contributed by atoms with E-state index in [0.717, 1.165) is 6.54 Å². The number of aromatic nitrogens is 1. The second-order valence-corrected chi connectivity index (χ2v) is 7.42. The van der Waals surface area contributed by atoms with Gasteiger partial charge in [0, 0.05) is 36.6 Å². The molecule has 1 amide bonds. The number of carbonyl (C=O) groups is 1. The molecule has 2 heterocycles. The number of hydrogen-bond donors (Lipinski definition) is 1. The van der Waals surface area contributed by atoms with Crippen LogP contribution in [-0.2, 0) is 4.79 Å². The summed E-state index contributed by atoms with van der Waals surface area (Å²) in [7, 11) is 0. The summed E-state index contributed by atoms with van der Waals surface area (Å²) in [5.74, 6) is 0.299. The lowest BCUT2D eigenvalue weighted by Gasteiger charge is -2.27. The quantitative estimate of drug-likeness (QED) is 0.566. The summed E-state index contributed by atoms with van der Waals surface area (Å²) in [4.78, 5) is 26.5. The van der Waals surface area contributed by atoms with Crippen LogP contribution in [0.25, 0.3) is 16.8 Å². The van der Waals surface area contributed by atoms with Crippen LogP contribution in [0.15, 0.2) is 65.6 Å². The zero-order valence-electron chi connectivity index (χ0n) is 17.8. The molecule has 0 spiro atoms. The second-order valence-electron chi connectivity index (χ2n) is 7.42. The molecule has 1 aromatic heterocycles. The molecule has 2 aromatic carbocycles. The van der Waals surface area contributed by atoms with Crippen LogP contribution in [0.1, 0.15) is 0 Å². The second kappa shape index (κ2) is 10.3. The molecule has 0 radical (unpaired) electrons. The maximum absolute atomic E-state index is 13.5. The third-order valence-electron chi connectivity index (χ3n) is 5.31. The van der Waals surface area contributed by atoms with Crippen molar-refractivity contribution in [3.8, 4) is 28.3 Å². The zero-order chi connectivity index (χ0) is 23.2. The fourth-order valence-electron chi connectivity index (χ4n) is 3.60. The first-order valence-electron chi connectivity index (χ1n) is 10.5. The van der Waals surface area contributed by atoms with E-state index in [1.807, 2.05) is 0 Å². The van der Waals surface area contributed by atoms with Gasteiger partial charge in [0.1, 0.15) is 23.9 Å². The van der Waals surface area contributed by atoms with Gasteiger partial charge in [0.05, 0.1) is 13.1 Å².